The first-order chi connectivity index (χ1) is 11.2. The molecule has 25 heavy (non-hydrogen) atoms. The number of hydrogen-bond acceptors (Lipinski definition) is 3. The van der Waals surface area contributed by atoms with Crippen molar-refractivity contribution in [2.75, 3.05) is 13.1 Å². The zero-order valence-corrected chi connectivity index (χ0v) is 16.8. The number of amides is 1. The van der Waals surface area contributed by atoms with E-state index in [-0.39, 0.29) is 42.7 Å². The van der Waals surface area contributed by atoms with Crippen LogP contribution in [0.15, 0.2) is 0 Å². The molecule has 146 valence electrons. The van der Waals surface area contributed by atoms with Gasteiger partial charge in [-0.1, -0.05) is 19.3 Å². The fourth-order valence-electron chi connectivity index (χ4n) is 5.88. The summed E-state index contributed by atoms with van der Waals surface area (Å²) in [5.74, 6) is 1.55. The summed E-state index contributed by atoms with van der Waals surface area (Å²) in [5, 5.41) is 3.35. The van der Waals surface area contributed by atoms with Crippen molar-refractivity contribution in [2.24, 2.45) is 23.5 Å². The van der Waals surface area contributed by atoms with Gasteiger partial charge in [-0.2, -0.15) is 0 Å². The molecule has 4 rings (SSSR count). The van der Waals surface area contributed by atoms with Gasteiger partial charge in [0.2, 0.25) is 5.91 Å². The fourth-order valence-corrected chi connectivity index (χ4v) is 5.88. The maximum absolute atomic E-state index is 12.7. The van der Waals surface area contributed by atoms with Crippen LogP contribution in [0.2, 0.25) is 0 Å². The highest BCUT2D eigenvalue weighted by Crippen LogP contribution is 2.47. The molecule has 0 aromatic rings. The van der Waals surface area contributed by atoms with Gasteiger partial charge in [-0.25, -0.2) is 0 Å². The van der Waals surface area contributed by atoms with E-state index in [0.717, 1.165) is 18.9 Å². The Hall–Kier alpha value is -0.0300. The topological polar surface area (TPSA) is 58.4 Å². The van der Waals surface area contributed by atoms with Crippen LogP contribution in [0.5, 0.6) is 0 Å². The number of rotatable bonds is 3. The van der Waals surface area contributed by atoms with Crippen molar-refractivity contribution >= 4 is 30.7 Å². The molecule has 4 fully saturated rings. The number of likely N-dealkylation sites (tertiary alicyclic amines) is 1. The van der Waals surface area contributed by atoms with Crippen LogP contribution in [0.25, 0.3) is 0 Å². The second kappa shape index (κ2) is 9.25. The van der Waals surface area contributed by atoms with Gasteiger partial charge in [0.1, 0.15) is 0 Å². The standard InChI is InChI=1S/C19H33N3O.2ClH/c20-18-14-7-6-13(12-14)17(18)19(23)21-15-8-10-22(11-9-15)16-4-2-1-3-5-16;;/h13-18H,1-12,20H2,(H,21,23);2*1H. The Balaban J connectivity index is 0.00000113. The number of hydrogen-bond donors (Lipinski definition) is 2. The van der Waals surface area contributed by atoms with Crippen molar-refractivity contribution < 1.29 is 4.79 Å². The maximum atomic E-state index is 12.7. The predicted molar refractivity (Wildman–Crippen MR) is 106 cm³/mol. The van der Waals surface area contributed by atoms with Crippen molar-refractivity contribution in [3.63, 3.8) is 0 Å². The van der Waals surface area contributed by atoms with Crippen LogP contribution >= 0.6 is 24.8 Å². The molecule has 4 atom stereocenters. The van der Waals surface area contributed by atoms with Crippen molar-refractivity contribution in [1.82, 2.24) is 10.2 Å². The molecule has 3 aliphatic carbocycles. The van der Waals surface area contributed by atoms with E-state index in [0.29, 0.717) is 17.9 Å². The molecule has 0 spiro atoms. The van der Waals surface area contributed by atoms with Gasteiger partial charge in [-0.05, 0) is 56.8 Å². The fraction of sp³-hybridized carbons (Fsp3) is 0.947. The Labute approximate surface area is 164 Å². The van der Waals surface area contributed by atoms with Gasteiger partial charge in [0.05, 0.1) is 5.92 Å². The third-order valence-electron chi connectivity index (χ3n) is 7.25. The molecule has 6 heteroatoms. The molecule has 3 N–H and O–H groups in total. The molecule has 4 unspecified atom stereocenters. The zero-order chi connectivity index (χ0) is 15.8. The van der Waals surface area contributed by atoms with Crippen molar-refractivity contribution in [3.05, 3.63) is 0 Å². The number of fused-ring (bicyclic) bond motifs is 2. The lowest BCUT2D eigenvalue weighted by atomic mass is 9.84. The number of piperidine rings is 1. The van der Waals surface area contributed by atoms with Gasteiger partial charge < -0.3 is 16.0 Å². The molecule has 0 radical (unpaired) electrons. The first-order valence-electron chi connectivity index (χ1n) is 10.0. The Morgan fingerprint density at radius 3 is 2.12 bits per heavy atom. The summed E-state index contributed by atoms with van der Waals surface area (Å²) in [6.07, 6.45) is 12.9. The average Bonchev–Trinajstić information content (AvgIpc) is 3.17. The molecule has 1 heterocycles. The number of nitrogens with zero attached hydrogens (tertiary/aromatic N) is 1. The van der Waals surface area contributed by atoms with Crippen molar-refractivity contribution in [3.8, 4) is 0 Å². The van der Waals surface area contributed by atoms with Gasteiger partial charge in [0.15, 0.2) is 0 Å². The predicted octanol–water partition coefficient (Wildman–Crippen LogP) is 3.12. The number of nitrogens with two attached hydrogens (primary N) is 1. The normalized spacial score (nSPS) is 36.5. The Bertz CT molecular complexity index is 434. The monoisotopic (exact) mass is 391 g/mol. The van der Waals surface area contributed by atoms with E-state index >= 15 is 0 Å². The SMILES string of the molecule is Cl.Cl.NC1C2CCC(C2)C1C(=O)NC1CCN(C2CCCCC2)CC1. The molecule has 2 bridgehead atoms. The maximum Gasteiger partial charge on any atom is 0.225 e. The summed E-state index contributed by atoms with van der Waals surface area (Å²) in [4.78, 5) is 15.4. The minimum atomic E-state index is 0. The second-order valence-electron chi connectivity index (χ2n) is 8.55. The molecule has 0 aromatic heterocycles. The Morgan fingerprint density at radius 1 is 0.880 bits per heavy atom. The lowest BCUT2D eigenvalue weighted by Crippen LogP contribution is -2.52. The summed E-state index contributed by atoms with van der Waals surface area (Å²) in [7, 11) is 0. The minimum Gasteiger partial charge on any atom is -0.353 e. The molecule has 1 aliphatic heterocycles. The molecular weight excluding hydrogens is 357 g/mol. The van der Waals surface area contributed by atoms with Crippen LogP contribution in [0, 0.1) is 17.8 Å². The van der Waals surface area contributed by atoms with Crippen molar-refractivity contribution in [2.45, 2.75) is 82.3 Å². The van der Waals surface area contributed by atoms with E-state index in [1.165, 1.54) is 64.5 Å². The summed E-state index contributed by atoms with van der Waals surface area (Å²) in [6.45, 7) is 2.33. The van der Waals surface area contributed by atoms with Gasteiger partial charge in [0, 0.05) is 31.2 Å². The van der Waals surface area contributed by atoms with Gasteiger partial charge in [-0.3, -0.25) is 4.79 Å². The minimum absolute atomic E-state index is 0. The van der Waals surface area contributed by atoms with E-state index < -0.39 is 0 Å². The van der Waals surface area contributed by atoms with E-state index in [1.54, 1.807) is 0 Å². The Kier molecular flexibility index (Phi) is 7.87. The summed E-state index contributed by atoms with van der Waals surface area (Å²) >= 11 is 0. The van der Waals surface area contributed by atoms with Crippen LogP contribution in [0.1, 0.15) is 64.2 Å². The number of halogens is 2. The number of carbonyl (C=O) groups excluding carboxylic acids is 1. The van der Waals surface area contributed by atoms with E-state index in [2.05, 4.69) is 10.2 Å². The quantitative estimate of drug-likeness (QED) is 0.776. The molecule has 4 nitrogen and oxygen atoms in total. The molecule has 0 aromatic carbocycles. The van der Waals surface area contributed by atoms with Crippen LogP contribution in [-0.4, -0.2) is 42.0 Å². The van der Waals surface area contributed by atoms with Gasteiger partial charge in [-0.15, -0.1) is 24.8 Å². The lowest BCUT2D eigenvalue weighted by molar-refractivity contribution is -0.128. The van der Waals surface area contributed by atoms with Gasteiger partial charge in [0.25, 0.3) is 0 Å². The summed E-state index contributed by atoms with van der Waals surface area (Å²) in [5.41, 5.74) is 6.32. The van der Waals surface area contributed by atoms with Crippen LogP contribution < -0.4 is 11.1 Å². The van der Waals surface area contributed by atoms with E-state index in [9.17, 15) is 4.79 Å². The number of carbonyl (C=O) groups is 1. The van der Waals surface area contributed by atoms with Crippen molar-refractivity contribution in [1.29, 1.82) is 0 Å². The largest absolute Gasteiger partial charge is 0.353 e. The smallest absolute Gasteiger partial charge is 0.225 e. The Morgan fingerprint density at radius 2 is 1.52 bits per heavy atom. The first kappa shape index (κ1) is 21.3. The molecular formula is C19H35Cl2N3O. The van der Waals surface area contributed by atoms with Gasteiger partial charge >= 0.3 is 0 Å². The van der Waals surface area contributed by atoms with Crippen LogP contribution in [0.3, 0.4) is 0 Å². The van der Waals surface area contributed by atoms with E-state index in [4.69, 9.17) is 5.73 Å². The zero-order valence-electron chi connectivity index (χ0n) is 15.2. The highest BCUT2D eigenvalue weighted by atomic mass is 35.5. The average molecular weight is 392 g/mol. The molecule has 1 saturated heterocycles. The molecule has 1 amide bonds. The molecule has 3 saturated carbocycles. The summed E-state index contributed by atoms with van der Waals surface area (Å²) < 4.78 is 0. The first-order valence-corrected chi connectivity index (χ1v) is 10.0. The third kappa shape index (κ3) is 4.45. The molecule has 4 aliphatic rings. The highest BCUT2D eigenvalue weighted by molar-refractivity contribution is 5.85. The highest BCUT2D eigenvalue weighted by Gasteiger charge is 2.49. The second-order valence-corrected chi connectivity index (χ2v) is 8.55. The van der Waals surface area contributed by atoms with Crippen LogP contribution in [-0.2, 0) is 4.79 Å². The number of nitrogens with one attached hydrogen (secondary N) is 1. The lowest BCUT2D eigenvalue weighted by Gasteiger charge is -2.40. The summed E-state index contributed by atoms with van der Waals surface area (Å²) in [6, 6.07) is 1.32. The van der Waals surface area contributed by atoms with Crippen LogP contribution in [0.4, 0.5) is 0 Å². The third-order valence-corrected chi connectivity index (χ3v) is 7.25. The van der Waals surface area contributed by atoms with E-state index in [1.807, 2.05) is 0 Å².